The molecule has 0 aromatic carbocycles. The van der Waals surface area contributed by atoms with Crippen molar-refractivity contribution >= 4 is 28.8 Å². The largest absolute Gasteiger partial charge is 0.480 e. The summed E-state index contributed by atoms with van der Waals surface area (Å²) in [5.74, 6) is 1.65. The fourth-order valence-electron chi connectivity index (χ4n) is 3.20. The number of hydrogen-bond acceptors (Lipinski definition) is 6. The minimum Gasteiger partial charge on any atom is -0.480 e. The van der Waals surface area contributed by atoms with Crippen LogP contribution >= 0.6 is 11.6 Å². The molecular formula is C18H19ClN8O. The number of nitrogens with one attached hydrogen (secondary N) is 1. The number of aliphatic imine (C=N–C) groups is 1. The van der Waals surface area contributed by atoms with Crippen LogP contribution in [0.2, 0.25) is 5.02 Å². The van der Waals surface area contributed by atoms with Gasteiger partial charge in [-0.05, 0) is 6.07 Å². The Kier molecular flexibility index (Phi) is 4.60. The van der Waals surface area contributed by atoms with E-state index >= 15 is 0 Å². The SMILES string of the molecule is CN=CC(C)c1nc(-c2c(-n3ccnc3)c3nc(OC)c(Cl)cc3n2C)n[nH]1. The monoisotopic (exact) mass is 398 g/mol. The van der Waals surface area contributed by atoms with Gasteiger partial charge < -0.3 is 18.9 Å². The van der Waals surface area contributed by atoms with Crippen LogP contribution in [0, 0.1) is 0 Å². The summed E-state index contributed by atoms with van der Waals surface area (Å²) in [7, 11) is 5.20. The lowest BCUT2D eigenvalue weighted by Crippen LogP contribution is -1.99. The van der Waals surface area contributed by atoms with Crippen molar-refractivity contribution in [3.05, 3.63) is 35.6 Å². The van der Waals surface area contributed by atoms with Crippen LogP contribution in [0.15, 0.2) is 29.8 Å². The lowest BCUT2D eigenvalue weighted by Gasteiger charge is -2.05. The lowest BCUT2D eigenvalue weighted by atomic mass is 10.2. The normalized spacial score (nSPS) is 12.9. The smallest absolute Gasteiger partial charge is 0.233 e. The summed E-state index contributed by atoms with van der Waals surface area (Å²) in [6, 6.07) is 1.83. The van der Waals surface area contributed by atoms with Crippen LogP contribution in [0.3, 0.4) is 0 Å². The summed E-state index contributed by atoms with van der Waals surface area (Å²) >= 11 is 6.32. The van der Waals surface area contributed by atoms with Gasteiger partial charge in [-0.3, -0.25) is 5.10 Å². The lowest BCUT2D eigenvalue weighted by molar-refractivity contribution is 0.400. The van der Waals surface area contributed by atoms with E-state index in [1.807, 2.05) is 41.6 Å². The first-order valence-corrected chi connectivity index (χ1v) is 8.99. The van der Waals surface area contributed by atoms with E-state index in [1.54, 1.807) is 26.7 Å². The average molecular weight is 399 g/mol. The molecule has 4 aromatic rings. The highest BCUT2D eigenvalue weighted by Gasteiger charge is 2.24. The van der Waals surface area contributed by atoms with E-state index in [0.29, 0.717) is 22.2 Å². The molecule has 1 N–H and O–H groups in total. The fraction of sp³-hybridized carbons (Fsp3) is 0.278. The van der Waals surface area contributed by atoms with Crippen LogP contribution in [0.4, 0.5) is 0 Å². The maximum Gasteiger partial charge on any atom is 0.233 e. The Bertz CT molecular complexity index is 1160. The highest BCUT2D eigenvalue weighted by molar-refractivity contribution is 6.32. The van der Waals surface area contributed by atoms with E-state index in [9.17, 15) is 0 Å². The highest BCUT2D eigenvalue weighted by atomic mass is 35.5. The highest BCUT2D eigenvalue weighted by Crippen LogP contribution is 2.37. The predicted molar refractivity (Wildman–Crippen MR) is 108 cm³/mol. The van der Waals surface area contributed by atoms with Gasteiger partial charge in [0.2, 0.25) is 5.88 Å². The van der Waals surface area contributed by atoms with Gasteiger partial charge in [0.15, 0.2) is 5.82 Å². The van der Waals surface area contributed by atoms with Gasteiger partial charge in [0, 0.05) is 32.7 Å². The molecule has 1 unspecified atom stereocenters. The van der Waals surface area contributed by atoms with Gasteiger partial charge in [0.05, 0.1) is 24.9 Å². The molecule has 1 atom stereocenters. The molecule has 4 rings (SSSR count). The molecule has 0 bridgehead atoms. The molecule has 28 heavy (non-hydrogen) atoms. The van der Waals surface area contributed by atoms with Crippen LogP contribution < -0.4 is 4.74 Å². The van der Waals surface area contributed by atoms with Crippen molar-refractivity contribution in [3.63, 3.8) is 0 Å². The number of fused-ring (bicyclic) bond motifs is 1. The first kappa shape index (κ1) is 18.2. The van der Waals surface area contributed by atoms with Gasteiger partial charge in [-0.15, -0.1) is 0 Å². The van der Waals surface area contributed by atoms with E-state index in [1.165, 1.54) is 0 Å². The van der Waals surface area contributed by atoms with Crippen LogP contribution in [-0.2, 0) is 7.05 Å². The van der Waals surface area contributed by atoms with Crippen LogP contribution in [0.1, 0.15) is 18.7 Å². The zero-order valence-corrected chi connectivity index (χ0v) is 16.6. The number of imidazole rings is 1. The van der Waals surface area contributed by atoms with Crippen molar-refractivity contribution in [2.75, 3.05) is 14.2 Å². The zero-order valence-electron chi connectivity index (χ0n) is 15.9. The second-order valence-corrected chi connectivity index (χ2v) is 6.72. The number of pyridine rings is 1. The number of rotatable bonds is 5. The molecule has 0 radical (unpaired) electrons. The van der Waals surface area contributed by atoms with E-state index in [-0.39, 0.29) is 5.92 Å². The van der Waals surface area contributed by atoms with Crippen LogP contribution in [0.5, 0.6) is 5.88 Å². The number of hydrogen-bond donors (Lipinski definition) is 1. The molecule has 4 aromatic heterocycles. The number of aromatic nitrogens is 7. The molecule has 4 heterocycles. The Hall–Kier alpha value is -3.20. The maximum atomic E-state index is 6.32. The van der Waals surface area contributed by atoms with Crippen LogP contribution in [-0.4, -0.2) is 54.7 Å². The van der Waals surface area contributed by atoms with Gasteiger partial charge in [0.1, 0.15) is 27.7 Å². The summed E-state index contributed by atoms with van der Waals surface area (Å²) in [4.78, 5) is 17.5. The van der Waals surface area contributed by atoms with Crippen molar-refractivity contribution in [2.45, 2.75) is 12.8 Å². The van der Waals surface area contributed by atoms with Gasteiger partial charge in [-0.25, -0.2) is 15.0 Å². The number of halogens is 1. The van der Waals surface area contributed by atoms with Gasteiger partial charge in [-0.1, -0.05) is 18.5 Å². The minimum absolute atomic E-state index is 0.0188. The molecule has 0 aliphatic rings. The number of nitrogens with zero attached hydrogens (tertiary/aromatic N) is 7. The number of aromatic amines is 1. The van der Waals surface area contributed by atoms with E-state index < -0.39 is 0 Å². The Balaban J connectivity index is 2.00. The quantitative estimate of drug-likeness (QED) is 0.521. The van der Waals surface area contributed by atoms with Crippen LogP contribution in [0.25, 0.3) is 28.2 Å². The molecule has 0 aliphatic heterocycles. The average Bonchev–Trinajstić information content (AvgIpc) is 3.41. The Labute approximate surface area is 166 Å². The number of H-pyrrole nitrogens is 1. The molecule has 0 fully saturated rings. The first-order valence-electron chi connectivity index (χ1n) is 8.61. The minimum atomic E-state index is 0.0188. The molecule has 9 nitrogen and oxygen atoms in total. The molecule has 144 valence electrons. The van der Waals surface area contributed by atoms with Gasteiger partial charge in [0.25, 0.3) is 0 Å². The molecule has 10 heteroatoms. The van der Waals surface area contributed by atoms with E-state index in [0.717, 1.165) is 22.7 Å². The predicted octanol–water partition coefficient (Wildman–Crippen LogP) is 3.01. The van der Waals surface area contributed by atoms with Crippen molar-refractivity contribution in [1.29, 1.82) is 0 Å². The Morgan fingerprint density at radius 3 is 2.86 bits per heavy atom. The van der Waals surface area contributed by atoms with Gasteiger partial charge in [-0.2, -0.15) is 5.10 Å². The summed E-state index contributed by atoms with van der Waals surface area (Å²) in [6.45, 7) is 2.00. The summed E-state index contributed by atoms with van der Waals surface area (Å²) in [5.41, 5.74) is 3.13. The molecule has 0 saturated heterocycles. The third-order valence-electron chi connectivity index (χ3n) is 4.54. The zero-order chi connectivity index (χ0) is 19.8. The number of methoxy groups -OCH3 is 1. The third kappa shape index (κ3) is 2.84. The van der Waals surface area contributed by atoms with Crippen molar-refractivity contribution in [2.24, 2.45) is 12.0 Å². The number of aryl methyl sites for hydroxylation is 1. The molecule has 0 spiro atoms. The Morgan fingerprint density at radius 1 is 1.36 bits per heavy atom. The first-order chi connectivity index (χ1) is 13.5. The fourth-order valence-corrected chi connectivity index (χ4v) is 3.42. The van der Waals surface area contributed by atoms with Crippen molar-refractivity contribution in [1.82, 2.24) is 34.3 Å². The summed E-state index contributed by atoms with van der Waals surface area (Å²) < 4.78 is 9.16. The second kappa shape index (κ2) is 7.08. The molecule has 0 saturated carbocycles. The Morgan fingerprint density at radius 2 is 2.18 bits per heavy atom. The second-order valence-electron chi connectivity index (χ2n) is 6.31. The number of ether oxygens (including phenoxy) is 1. The maximum absolute atomic E-state index is 6.32. The van der Waals surface area contributed by atoms with E-state index in [2.05, 4.69) is 30.1 Å². The standard InChI is InChI=1S/C18H19ClN8O/c1-10(8-20-2)16-23-17(25-24-16)15-14(27-6-5-21-9-27)13-12(26(15)3)7-11(19)18(22-13)28-4/h5-10H,1-4H3,(H,23,24,25). The summed E-state index contributed by atoms with van der Waals surface area (Å²) in [5, 5.41) is 7.88. The molecule has 0 aliphatic carbocycles. The topological polar surface area (TPSA) is 98.8 Å². The third-order valence-corrected chi connectivity index (χ3v) is 4.81. The van der Waals surface area contributed by atoms with Gasteiger partial charge >= 0.3 is 0 Å². The molecular weight excluding hydrogens is 380 g/mol. The summed E-state index contributed by atoms with van der Waals surface area (Å²) in [6.07, 6.45) is 7.08. The molecule has 0 amide bonds. The van der Waals surface area contributed by atoms with Crippen molar-refractivity contribution < 1.29 is 4.74 Å². The van der Waals surface area contributed by atoms with Crippen molar-refractivity contribution in [3.8, 4) is 23.1 Å². The van der Waals surface area contributed by atoms with E-state index in [4.69, 9.17) is 16.3 Å².